The third-order valence-electron chi connectivity index (χ3n) is 4.11. The van der Waals surface area contributed by atoms with Gasteiger partial charge in [-0.2, -0.15) is 0 Å². The molecule has 1 atom stereocenters. The summed E-state index contributed by atoms with van der Waals surface area (Å²) < 4.78 is 2.07. The molecule has 0 radical (unpaired) electrons. The monoisotopic (exact) mass is 281 g/mol. The number of fused-ring (bicyclic) bond motifs is 1. The molecule has 4 heteroatoms. The lowest BCUT2D eigenvalue weighted by Crippen LogP contribution is -2.31. The fourth-order valence-electron chi connectivity index (χ4n) is 3.14. The maximum atomic E-state index is 12.1. The van der Waals surface area contributed by atoms with E-state index in [0.29, 0.717) is 13.0 Å². The summed E-state index contributed by atoms with van der Waals surface area (Å²) in [6, 6.07) is 8.04. The van der Waals surface area contributed by atoms with Crippen molar-refractivity contribution in [1.82, 2.24) is 14.5 Å². The van der Waals surface area contributed by atoms with Crippen molar-refractivity contribution in [3.05, 3.63) is 30.1 Å². The molecule has 0 saturated carbocycles. The van der Waals surface area contributed by atoms with Crippen molar-refractivity contribution in [3.63, 3.8) is 0 Å². The fraction of sp³-hybridized carbons (Fsp3) is 0.412. The van der Waals surface area contributed by atoms with Crippen LogP contribution in [0.1, 0.15) is 38.1 Å². The molecule has 0 N–H and O–H groups in total. The maximum absolute atomic E-state index is 12.1. The number of benzene rings is 1. The Morgan fingerprint density at radius 1 is 1.48 bits per heavy atom. The predicted molar refractivity (Wildman–Crippen MR) is 82.5 cm³/mol. The first kappa shape index (κ1) is 13.7. The summed E-state index contributed by atoms with van der Waals surface area (Å²) in [6.07, 6.45) is 8.03. The summed E-state index contributed by atoms with van der Waals surface area (Å²) in [5, 5.41) is 0. The lowest BCUT2D eigenvalue weighted by Gasteiger charge is -2.24. The number of para-hydroxylation sites is 2. The van der Waals surface area contributed by atoms with Crippen LogP contribution in [0.15, 0.2) is 24.3 Å². The van der Waals surface area contributed by atoms with Crippen molar-refractivity contribution >= 4 is 16.9 Å². The Labute approximate surface area is 124 Å². The lowest BCUT2D eigenvalue weighted by molar-refractivity contribution is -0.131. The molecule has 3 rings (SSSR count). The zero-order valence-electron chi connectivity index (χ0n) is 12.2. The van der Waals surface area contributed by atoms with Gasteiger partial charge < -0.3 is 9.47 Å². The first-order chi connectivity index (χ1) is 10.3. The topological polar surface area (TPSA) is 38.1 Å². The summed E-state index contributed by atoms with van der Waals surface area (Å²) in [4.78, 5) is 18.8. The van der Waals surface area contributed by atoms with E-state index in [-0.39, 0.29) is 11.9 Å². The van der Waals surface area contributed by atoms with Crippen LogP contribution in [0.5, 0.6) is 0 Å². The van der Waals surface area contributed by atoms with Crippen LogP contribution in [0.3, 0.4) is 0 Å². The highest BCUT2D eigenvalue weighted by molar-refractivity contribution is 5.78. The molecule has 2 aromatic rings. The second kappa shape index (κ2) is 5.61. The number of hydrogen-bond acceptors (Lipinski definition) is 2. The highest BCUT2D eigenvalue weighted by Crippen LogP contribution is 2.33. The zero-order valence-corrected chi connectivity index (χ0v) is 12.2. The number of terminal acetylenes is 1. The molecule has 0 bridgehead atoms. The van der Waals surface area contributed by atoms with Gasteiger partial charge in [-0.15, -0.1) is 6.42 Å². The van der Waals surface area contributed by atoms with Crippen molar-refractivity contribution in [2.75, 3.05) is 6.54 Å². The van der Waals surface area contributed by atoms with Gasteiger partial charge >= 0.3 is 0 Å². The van der Waals surface area contributed by atoms with Gasteiger partial charge in [0.2, 0.25) is 5.91 Å². The molecule has 4 nitrogen and oxygen atoms in total. The van der Waals surface area contributed by atoms with Crippen LogP contribution in [-0.2, 0) is 11.3 Å². The minimum absolute atomic E-state index is 0.0539. The number of likely N-dealkylation sites (tertiary alicyclic amines) is 1. The van der Waals surface area contributed by atoms with E-state index in [4.69, 9.17) is 11.4 Å². The second-order valence-corrected chi connectivity index (χ2v) is 5.35. The van der Waals surface area contributed by atoms with Gasteiger partial charge in [0.1, 0.15) is 5.82 Å². The number of amides is 1. The van der Waals surface area contributed by atoms with Gasteiger partial charge in [0.05, 0.1) is 23.6 Å². The van der Waals surface area contributed by atoms with Gasteiger partial charge in [0.15, 0.2) is 0 Å². The van der Waals surface area contributed by atoms with E-state index in [1.165, 1.54) is 0 Å². The van der Waals surface area contributed by atoms with Crippen molar-refractivity contribution in [1.29, 1.82) is 0 Å². The average Bonchev–Trinajstić information content (AvgIpc) is 3.11. The standard InChI is InChI=1S/C17H19N3O/c1-3-11-20-14-9-6-5-8-13(14)18-17(20)15-10-7-12-19(15)16(21)4-2/h1,5-6,8-9,15H,4,7,10-12H2,2H3. The molecule has 0 spiro atoms. The Morgan fingerprint density at radius 2 is 2.29 bits per heavy atom. The number of rotatable bonds is 3. The van der Waals surface area contributed by atoms with Gasteiger partial charge in [0, 0.05) is 13.0 Å². The molecule has 21 heavy (non-hydrogen) atoms. The fourth-order valence-corrected chi connectivity index (χ4v) is 3.14. The highest BCUT2D eigenvalue weighted by Gasteiger charge is 2.32. The van der Waals surface area contributed by atoms with Gasteiger partial charge in [0.25, 0.3) is 0 Å². The molecular formula is C17H19N3O. The Hall–Kier alpha value is -2.28. The molecule has 1 saturated heterocycles. The summed E-state index contributed by atoms with van der Waals surface area (Å²) in [5.41, 5.74) is 1.99. The van der Waals surface area contributed by atoms with E-state index < -0.39 is 0 Å². The van der Waals surface area contributed by atoms with E-state index >= 15 is 0 Å². The van der Waals surface area contributed by atoms with Gasteiger partial charge in [-0.05, 0) is 25.0 Å². The lowest BCUT2D eigenvalue weighted by atomic mass is 10.2. The van der Waals surface area contributed by atoms with Crippen molar-refractivity contribution in [3.8, 4) is 12.3 Å². The summed E-state index contributed by atoms with van der Waals surface area (Å²) >= 11 is 0. The van der Waals surface area contributed by atoms with Crippen LogP contribution < -0.4 is 0 Å². The Morgan fingerprint density at radius 3 is 3.05 bits per heavy atom. The average molecular weight is 281 g/mol. The molecule has 1 unspecified atom stereocenters. The number of carbonyl (C=O) groups excluding carboxylic acids is 1. The molecule has 1 aromatic heterocycles. The van der Waals surface area contributed by atoms with Crippen LogP contribution in [-0.4, -0.2) is 26.9 Å². The van der Waals surface area contributed by atoms with E-state index in [2.05, 4.69) is 10.5 Å². The molecule has 108 valence electrons. The third-order valence-corrected chi connectivity index (χ3v) is 4.11. The number of hydrogen-bond donors (Lipinski definition) is 0. The zero-order chi connectivity index (χ0) is 14.8. The summed E-state index contributed by atoms with van der Waals surface area (Å²) in [6.45, 7) is 3.21. The SMILES string of the molecule is C#CCn1c(C2CCCN2C(=O)CC)nc2ccccc21. The molecular weight excluding hydrogens is 262 g/mol. The molecule has 1 aliphatic heterocycles. The minimum atomic E-state index is 0.0539. The van der Waals surface area contributed by atoms with Crippen molar-refractivity contribution in [2.24, 2.45) is 0 Å². The van der Waals surface area contributed by atoms with Crippen molar-refractivity contribution < 1.29 is 4.79 Å². The van der Waals surface area contributed by atoms with Crippen LogP contribution in [0, 0.1) is 12.3 Å². The molecule has 0 aliphatic carbocycles. The van der Waals surface area contributed by atoms with Crippen LogP contribution in [0.4, 0.5) is 0 Å². The predicted octanol–water partition coefficient (Wildman–Crippen LogP) is 2.74. The maximum Gasteiger partial charge on any atom is 0.222 e. The number of imidazole rings is 1. The molecule has 1 fully saturated rings. The molecule has 1 aromatic carbocycles. The molecule has 1 aliphatic rings. The van der Waals surface area contributed by atoms with E-state index in [0.717, 1.165) is 36.2 Å². The Kier molecular flexibility index (Phi) is 3.66. The quantitative estimate of drug-likeness (QED) is 0.811. The molecule has 1 amide bonds. The van der Waals surface area contributed by atoms with E-state index in [9.17, 15) is 4.79 Å². The number of carbonyl (C=O) groups is 1. The number of aromatic nitrogens is 2. The van der Waals surface area contributed by atoms with Crippen LogP contribution in [0.25, 0.3) is 11.0 Å². The normalized spacial score (nSPS) is 18.1. The van der Waals surface area contributed by atoms with Crippen molar-refractivity contribution in [2.45, 2.75) is 38.8 Å². The highest BCUT2D eigenvalue weighted by atomic mass is 16.2. The van der Waals surface area contributed by atoms with E-state index in [1.54, 1.807) is 0 Å². The van der Waals surface area contributed by atoms with Gasteiger partial charge in [-0.1, -0.05) is 25.0 Å². The van der Waals surface area contributed by atoms with E-state index in [1.807, 2.05) is 36.1 Å². The third kappa shape index (κ3) is 2.29. The first-order valence-electron chi connectivity index (χ1n) is 7.44. The van der Waals surface area contributed by atoms with Crippen LogP contribution >= 0.6 is 0 Å². The number of nitrogens with zero attached hydrogens (tertiary/aromatic N) is 3. The first-order valence-corrected chi connectivity index (χ1v) is 7.44. The smallest absolute Gasteiger partial charge is 0.222 e. The van der Waals surface area contributed by atoms with Gasteiger partial charge in [-0.3, -0.25) is 4.79 Å². The minimum Gasteiger partial charge on any atom is -0.333 e. The largest absolute Gasteiger partial charge is 0.333 e. The van der Waals surface area contributed by atoms with Gasteiger partial charge in [-0.25, -0.2) is 4.98 Å². The van der Waals surface area contributed by atoms with Crippen LogP contribution in [0.2, 0.25) is 0 Å². The second-order valence-electron chi connectivity index (χ2n) is 5.35. The summed E-state index contributed by atoms with van der Waals surface area (Å²) in [7, 11) is 0. The molecule has 2 heterocycles. The Bertz CT molecular complexity index is 710. The Balaban J connectivity index is 2.09. The summed E-state index contributed by atoms with van der Waals surface area (Å²) in [5.74, 6) is 3.82.